The van der Waals surface area contributed by atoms with Crippen LogP contribution in [0.5, 0.6) is 5.75 Å². The SMILES string of the molecule is COC(=O)C(=Cc1ccc(OC)c2ccccc12)CC(=O)O. The number of carboxylic acids is 1. The number of carbonyl (C=O) groups is 2. The zero-order chi connectivity index (χ0) is 16.1. The summed E-state index contributed by atoms with van der Waals surface area (Å²) in [6, 6.07) is 11.1. The number of carboxylic acid groups (broad SMARTS) is 1. The van der Waals surface area contributed by atoms with Gasteiger partial charge in [-0.3, -0.25) is 4.79 Å². The molecule has 0 atom stereocenters. The summed E-state index contributed by atoms with van der Waals surface area (Å²) in [5.74, 6) is -1.03. The Labute approximate surface area is 127 Å². The van der Waals surface area contributed by atoms with E-state index in [0.29, 0.717) is 5.75 Å². The van der Waals surface area contributed by atoms with E-state index in [4.69, 9.17) is 9.84 Å². The van der Waals surface area contributed by atoms with Gasteiger partial charge in [-0.1, -0.05) is 30.3 Å². The van der Waals surface area contributed by atoms with E-state index in [1.54, 1.807) is 25.3 Å². The minimum atomic E-state index is -1.09. The van der Waals surface area contributed by atoms with Crippen molar-refractivity contribution in [3.05, 3.63) is 47.5 Å². The number of hydrogen-bond acceptors (Lipinski definition) is 4. The molecule has 0 unspecified atom stereocenters. The second kappa shape index (κ2) is 6.76. The lowest BCUT2D eigenvalue weighted by atomic mass is 10.0. The molecule has 2 aromatic rings. The molecule has 0 amide bonds. The van der Waals surface area contributed by atoms with Crippen LogP contribution in [0.1, 0.15) is 12.0 Å². The van der Waals surface area contributed by atoms with Crippen LogP contribution < -0.4 is 4.74 Å². The molecule has 0 heterocycles. The van der Waals surface area contributed by atoms with Crippen LogP contribution in [0.4, 0.5) is 0 Å². The van der Waals surface area contributed by atoms with Gasteiger partial charge in [0, 0.05) is 11.0 Å². The fraction of sp³-hybridized carbons (Fsp3) is 0.176. The second-order valence-corrected chi connectivity index (χ2v) is 4.63. The van der Waals surface area contributed by atoms with Gasteiger partial charge in [-0.15, -0.1) is 0 Å². The number of methoxy groups -OCH3 is 2. The molecule has 22 heavy (non-hydrogen) atoms. The van der Waals surface area contributed by atoms with E-state index in [9.17, 15) is 9.59 Å². The van der Waals surface area contributed by atoms with Crippen LogP contribution in [-0.4, -0.2) is 31.3 Å². The number of aliphatic carboxylic acids is 1. The molecule has 5 nitrogen and oxygen atoms in total. The molecule has 0 aliphatic heterocycles. The van der Waals surface area contributed by atoms with Crippen molar-refractivity contribution in [3.8, 4) is 5.75 Å². The lowest BCUT2D eigenvalue weighted by molar-refractivity contribution is -0.141. The van der Waals surface area contributed by atoms with Gasteiger partial charge in [0.25, 0.3) is 0 Å². The number of fused-ring (bicyclic) bond motifs is 1. The first-order chi connectivity index (χ1) is 10.6. The Hall–Kier alpha value is -2.82. The summed E-state index contributed by atoms with van der Waals surface area (Å²) in [4.78, 5) is 22.6. The highest BCUT2D eigenvalue weighted by Crippen LogP contribution is 2.29. The zero-order valence-electron chi connectivity index (χ0n) is 12.3. The molecule has 2 aromatic carbocycles. The average molecular weight is 300 g/mol. The van der Waals surface area contributed by atoms with Gasteiger partial charge in [0.05, 0.1) is 20.6 Å². The third-order valence-electron chi connectivity index (χ3n) is 3.26. The van der Waals surface area contributed by atoms with E-state index in [0.717, 1.165) is 16.3 Å². The van der Waals surface area contributed by atoms with Crippen LogP contribution in [-0.2, 0) is 14.3 Å². The van der Waals surface area contributed by atoms with Gasteiger partial charge in [0.1, 0.15) is 5.75 Å². The number of benzene rings is 2. The molecule has 0 radical (unpaired) electrons. The second-order valence-electron chi connectivity index (χ2n) is 4.63. The summed E-state index contributed by atoms with van der Waals surface area (Å²) in [5, 5.41) is 10.7. The van der Waals surface area contributed by atoms with Crippen molar-refractivity contribution >= 4 is 28.8 Å². The first kappa shape index (κ1) is 15.6. The third-order valence-corrected chi connectivity index (χ3v) is 3.26. The predicted octanol–water partition coefficient (Wildman–Crippen LogP) is 2.88. The maximum atomic E-state index is 11.7. The molecule has 0 aromatic heterocycles. The van der Waals surface area contributed by atoms with Crippen molar-refractivity contribution in [2.24, 2.45) is 0 Å². The quantitative estimate of drug-likeness (QED) is 0.679. The third kappa shape index (κ3) is 3.25. The van der Waals surface area contributed by atoms with Crippen molar-refractivity contribution in [3.63, 3.8) is 0 Å². The minimum Gasteiger partial charge on any atom is -0.496 e. The number of esters is 1. The standard InChI is InChI=1S/C17H16O5/c1-21-15-8-7-11(13-5-3-4-6-14(13)15)9-12(10-16(18)19)17(20)22-2/h3-9H,10H2,1-2H3,(H,18,19). The Balaban J connectivity index is 2.60. The van der Waals surface area contributed by atoms with Crippen molar-refractivity contribution < 1.29 is 24.2 Å². The van der Waals surface area contributed by atoms with Crippen LogP contribution in [0, 0.1) is 0 Å². The highest BCUT2D eigenvalue weighted by atomic mass is 16.5. The van der Waals surface area contributed by atoms with Crippen LogP contribution in [0.2, 0.25) is 0 Å². The first-order valence-electron chi connectivity index (χ1n) is 6.63. The Morgan fingerprint density at radius 3 is 2.36 bits per heavy atom. The maximum Gasteiger partial charge on any atom is 0.334 e. The van der Waals surface area contributed by atoms with E-state index in [1.807, 2.05) is 24.3 Å². The summed E-state index contributed by atoms with van der Waals surface area (Å²) >= 11 is 0. The molecule has 1 N–H and O–H groups in total. The summed E-state index contributed by atoms with van der Waals surface area (Å²) in [7, 11) is 2.81. The number of rotatable bonds is 5. The van der Waals surface area contributed by atoms with Crippen molar-refractivity contribution in [2.45, 2.75) is 6.42 Å². The monoisotopic (exact) mass is 300 g/mol. The highest BCUT2D eigenvalue weighted by molar-refractivity contribution is 6.02. The van der Waals surface area contributed by atoms with Gasteiger partial charge >= 0.3 is 11.9 Å². The Morgan fingerprint density at radius 2 is 1.77 bits per heavy atom. The Morgan fingerprint density at radius 1 is 1.09 bits per heavy atom. The number of carbonyl (C=O) groups excluding carboxylic acids is 1. The van der Waals surface area contributed by atoms with Crippen LogP contribution in [0.15, 0.2) is 42.0 Å². The van der Waals surface area contributed by atoms with Crippen LogP contribution in [0.25, 0.3) is 16.8 Å². The van der Waals surface area contributed by atoms with Gasteiger partial charge in [-0.25, -0.2) is 4.79 Å². The molecule has 0 aliphatic carbocycles. The van der Waals surface area contributed by atoms with E-state index in [-0.39, 0.29) is 5.57 Å². The number of hydrogen-bond donors (Lipinski definition) is 1. The molecule has 5 heteroatoms. The smallest absolute Gasteiger partial charge is 0.334 e. The van der Waals surface area contributed by atoms with Crippen molar-refractivity contribution in [1.29, 1.82) is 0 Å². The topological polar surface area (TPSA) is 72.8 Å². The molecule has 0 aliphatic rings. The van der Waals surface area contributed by atoms with Gasteiger partial charge < -0.3 is 14.6 Å². The lowest BCUT2D eigenvalue weighted by Gasteiger charge is -2.09. The fourth-order valence-electron chi connectivity index (χ4n) is 2.26. The van der Waals surface area contributed by atoms with E-state index in [2.05, 4.69) is 4.74 Å². The lowest BCUT2D eigenvalue weighted by Crippen LogP contribution is -2.09. The summed E-state index contributed by atoms with van der Waals surface area (Å²) in [5.41, 5.74) is 0.823. The summed E-state index contributed by atoms with van der Waals surface area (Å²) in [6.07, 6.45) is 1.15. The molecule has 0 bridgehead atoms. The van der Waals surface area contributed by atoms with Gasteiger partial charge in [0.15, 0.2) is 0 Å². The fourth-order valence-corrected chi connectivity index (χ4v) is 2.26. The van der Waals surface area contributed by atoms with Crippen LogP contribution in [0.3, 0.4) is 0 Å². The molecular weight excluding hydrogens is 284 g/mol. The zero-order valence-corrected chi connectivity index (χ0v) is 12.3. The van der Waals surface area contributed by atoms with Crippen molar-refractivity contribution in [2.75, 3.05) is 14.2 Å². The highest BCUT2D eigenvalue weighted by Gasteiger charge is 2.15. The number of ether oxygens (including phenoxy) is 2. The predicted molar refractivity (Wildman–Crippen MR) is 82.7 cm³/mol. The maximum absolute atomic E-state index is 11.7. The minimum absolute atomic E-state index is 0.0883. The molecule has 0 saturated heterocycles. The Bertz CT molecular complexity index is 746. The summed E-state index contributed by atoms with van der Waals surface area (Å²) in [6.45, 7) is 0. The van der Waals surface area contributed by atoms with Crippen molar-refractivity contribution in [1.82, 2.24) is 0 Å². The molecule has 114 valence electrons. The molecule has 0 spiro atoms. The molecule has 0 fully saturated rings. The average Bonchev–Trinajstić information content (AvgIpc) is 2.53. The van der Waals surface area contributed by atoms with Gasteiger partial charge in [-0.2, -0.15) is 0 Å². The van der Waals surface area contributed by atoms with Crippen LogP contribution >= 0.6 is 0 Å². The normalized spacial score (nSPS) is 11.3. The van der Waals surface area contributed by atoms with Gasteiger partial charge in [0.2, 0.25) is 0 Å². The van der Waals surface area contributed by atoms with E-state index >= 15 is 0 Å². The first-order valence-corrected chi connectivity index (χ1v) is 6.63. The van der Waals surface area contributed by atoms with Gasteiger partial charge in [-0.05, 0) is 23.1 Å². The Kier molecular flexibility index (Phi) is 4.78. The van der Waals surface area contributed by atoms with E-state index in [1.165, 1.54) is 7.11 Å². The summed E-state index contributed by atoms with van der Waals surface area (Å²) < 4.78 is 9.96. The molecule has 0 saturated carbocycles. The van der Waals surface area contributed by atoms with E-state index < -0.39 is 18.4 Å². The largest absolute Gasteiger partial charge is 0.496 e. The molecular formula is C17H16O5. The molecule has 2 rings (SSSR count).